The number of cyclic esters (lactones) is 2. The van der Waals surface area contributed by atoms with Crippen LogP contribution >= 0.6 is 0 Å². The van der Waals surface area contributed by atoms with Gasteiger partial charge in [-0.2, -0.15) is 0 Å². The van der Waals surface area contributed by atoms with Crippen LogP contribution < -0.4 is 0 Å². The van der Waals surface area contributed by atoms with Crippen molar-refractivity contribution in [1.29, 1.82) is 0 Å². The highest BCUT2D eigenvalue weighted by Crippen LogP contribution is 2.41. The van der Waals surface area contributed by atoms with Crippen LogP contribution in [0.15, 0.2) is 0 Å². The minimum absolute atomic E-state index is 0.403. The van der Waals surface area contributed by atoms with E-state index in [-0.39, 0.29) is 0 Å². The van der Waals surface area contributed by atoms with E-state index in [0.29, 0.717) is 13.0 Å². The van der Waals surface area contributed by atoms with Crippen molar-refractivity contribution in [2.24, 2.45) is 0 Å². The molecule has 3 rings (SSSR count). The number of esters is 1. The van der Waals surface area contributed by atoms with Gasteiger partial charge in [0.05, 0.1) is 6.61 Å². The maximum atomic E-state index is 11.7. The zero-order valence-electron chi connectivity index (χ0n) is 9.11. The lowest BCUT2D eigenvalue weighted by molar-refractivity contribution is -0.193. The van der Waals surface area contributed by atoms with E-state index in [4.69, 9.17) is 9.47 Å². The van der Waals surface area contributed by atoms with E-state index in [1.54, 1.807) is 4.90 Å². The summed E-state index contributed by atoms with van der Waals surface area (Å²) < 4.78 is 10.5. The van der Waals surface area contributed by atoms with Crippen LogP contribution in [0.2, 0.25) is 0 Å². The van der Waals surface area contributed by atoms with E-state index in [1.807, 2.05) is 0 Å². The fraction of sp³-hybridized carbons (Fsp3) is 0.818. The van der Waals surface area contributed by atoms with Crippen molar-refractivity contribution < 1.29 is 19.1 Å². The number of ether oxygens (including phenoxy) is 2. The summed E-state index contributed by atoms with van der Waals surface area (Å²) in [6.45, 7) is 0.545. The molecule has 0 aromatic rings. The van der Waals surface area contributed by atoms with Gasteiger partial charge in [-0.15, -0.1) is 0 Å². The van der Waals surface area contributed by atoms with E-state index in [9.17, 15) is 9.59 Å². The van der Waals surface area contributed by atoms with E-state index < -0.39 is 23.8 Å². The molecule has 1 atom stereocenters. The molecule has 0 aromatic carbocycles. The number of amides is 1. The Hall–Kier alpha value is -1.10. The van der Waals surface area contributed by atoms with Gasteiger partial charge >= 0.3 is 12.1 Å². The summed E-state index contributed by atoms with van der Waals surface area (Å²) in [5, 5.41) is 0. The van der Waals surface area contributed by atoms with Gasteiger partial charge in [-0.3, -0.25) is 4.90 Å². The van der Waals surface area contributed by atoms with Gasteiger partial charge in [0.2, 0.25) is 0 Å². The first kappa shape index (κ1) is 10.1. The number of fused-ring (bicyclic) bond motifs is 2. The zero-order chi connectivity index (χ0) is 11.2. The molecule has 1 aliphatic carbocycles. The molecule has 2 aliphatic heterocycles. The highest BCUT2D eigenvalue weighted by Gasteiger charge is 2.55. The number of carbonyl (C=O) groups excluding carboxylic acids is 2. The Labute approximate surface area is 93.7 Å². The molecule has 0 bridgehead atoms. The lowest BCUT2D eigenvalue weighted by atomic mass is 9.88. The van der Waals surface area contributed by atoms with Crippen LogP contribution in [-0.4, -0.2) is 35.3 Å². The molecule has 1 unspecified atom stereocenters. The first-order valence-corrected chi connectivity index (χ1v) is 5.92. The van der Waals surface area contributed by atoms with Crippen LogP contribution in [0.4, 0.5) is 4.79 Å². The lowest BCUT2D eigenvalue weighted by Gasteiger charge is -2.47. The van der Waals surface area contributed by atoms with E-state index in [1.165, 1.54) is 6.42 Å². The molecule has 5 nitrogen and oxygen atoms in total. The summed E-state index contributed by atoms with van der Waals surface area (Å²) in [5.74, 6) is -0.404. The molecule has 3 fully saturated rings. The van der Waals surface area contributed by atoms with Crippen LogP contribution in [0.5, 0.6) is 0 Å². The molecular weight excluding hydrogens is 210 g/mol. The summed E-state index contributed by atoms with van der Waals surface area (Å²) >= 11 is 0. The Morgan fingerprint density at radius 1 is 1.19 bits per heavy atom. The maximum absolute atomic E-state index is 11.7. The monoisotopic (exact) mass is 225 g/mol. The van der Waals surface area contributed by atoms with Gasteiger partial charge in [-0.05, 0) is 25.7 Å². The maximum Gasteiger partial charge on any atom is 0.420 e. The molecule has 5 heteroatoms. The molecule has 2 saturated heterocycles. The van der Waals surface area contributed by atoms with Crippen LogP contribution in [0, 0.1) is 0 Å². The highest BCUT2D eigenvalue weighted by atomic mass is 16.6. The molecule has 3 aliphatic rings. The van der Waals surface area contributed by atoms with Crippen molar-refractivity contribution in [1.82, 2.24) is 4.90 Å². The summed E-state index contributed by atoms with van der Waals surface area (Å²) in [6, 6.07) is -0.403. The molecule has 1 saturated carbocycles. The highest BCUT2D eigenvalue weighted by molar-refractivity contribution is 5.96. The predicted octanol–water partition coefficient (Wildman–Crippen LogP) is 1.41. The van der Waals surface area contributed by atoms with Crippen molar-refractivity contribution in [3.8, 4) is 0 Å². The van der Waals surface area contributed by atoms with Gasteiger partial charge in [0.25, 0.3) is 0 Å². The molecule has 1 amide bonds. The molecular formula is C11H15NO4. The van der Waals surface area contributed by atoms with Crippen LogP contribution in [0.25, 0.3) is 0 Å². The van der Waals surface area contributed by atoms with Gasteiger partial charge in [-0.25, -0.2) is 9.59 Å². The molecule has 0 N–H and O–H groups in total. The fourth-order valence-corrected chi connectivity index (χ4v) is 3.05. The molecule has 88 valence electrons. The second-order valence-corrected chi connectivity index (χ2v) is 4.72. The third kappa shape index (κ3) is 1.27. The Bertz CT molecular complexity index is 329. The van der Waals surface area contributed by atoms with E-state index in [2.05, 4.69) is 0 Å². The topological polar surface area (TPSA) is 55.8 Å². The molecule has 16 heavy (non-hydrogen) atoms. The van der Waals surface area contributed by atoms with Gasteiger partial charge in [0.1, 0.15) is 11.8 Å². The summed E-state index contributed by atoms with van der Waals surface area (Å²) in [6.07, 6.45) is 4.96. The average Bonchev–Trinajstić information content (AvgIpc) is 2.57. The Balaban J connectivity index is 1.93. The van der Waals surface area contributed by atoms with Gasteiger partial charge < -0.3 is 9.47 Å². The SMILES string of the molecule is O=C1OC(=O)N2C1CCOC21CCCCC1. The minimum atomic E-state index is -0.551. The normalized spacial score (nSPS) is 32.8. The Kier molecular flexibility index (Phi) is 2.17. The summed E-state index contributed by atoms with van der Waals surface area (Å²) in [7, 11) is 0. The van der Waals surface area contributed by atoms with Crippen molar-refractivity contribution in [2.75, 3.05) is 6.61 Å². The first-order chi connectivity index (χ1) is 7.73. The number of hydrogen-bond donors (Lipinski definition) is 0. The van der Waals surface area contributed by atoms with Crippen molar-refractivity contribution in [3.63, 3.8) is 0 Å². The number of rotatable bonds is 0. The van der Waals surface area contributed by atoms with Gasteiger partial charge in [0.15, 0.2) is 0 Å². The quantitative estimate of drug-likeness (QED) is 0.462. The first-order valence-electron chi connectivity index (χ1n) is 5.92. The molecule has 2 heterocycles. The standard InChI is InChI=1S/C11H15NO4/c13-9-8-4-7-15-11(5-2-1-3-6-11)12(8)10(14)16-9/h8H,1-7H2. The van der Waals surface area contributed by atoms with Gasteiger partial charge in [-0.1, -0.05) is 6.42 Å². The molecule has 1 spiro atoms. The predicted molar refractivity (Wildman–Crippen MR) is 53.5 cm³/mol. The van der Waals surface area contributed by atoms with Crippen LogP contribution in [0.1, 0.15) is 38.5 Å². The second-order valence-electron chi connectivity index (χ2n) is 4.72. The zero-order valence-corrected chi connectivity index (χ0v) is 9.11. The summed E-state index contributed by atoms with van der Waals surface area (Å²) in [4.78, 5) is 24.8. The number of nitrogens with zero attached hydrogens (tertiary/aromatic N) is 1. The smallest absolute Gasteiger partial charge is 0.374 e. The minimum Gasteiger partial charge on any atom is -0.374 e. The Morgan fingerprint density at radius 2 is 1.94 bits per heavy atom. The number of hydrogen-bond acceptors (Lipinski definition) is 4. The van der Waals surface area contributed by atoms with E-state index in [0.717, 1.165) is 25.7 Å². The third-order valence-electron chi connectivity index (χ3n) is 3.80. The van der Waals surface area contributed by atoms with E-state index >= 15 is 0 Å². The molecule has 0 radical (unpaired) electrons. The fourth-order valence-electron chi connectivity index (χ4n) is 3.05. The van der Waals surface area contributed by atoms with Crippen LogP contribution in [-0.2, 0) is 14.3 Å². The average molecular weight is 225 g/mol. The van der Waals surface area contributed by atoms with Crippen molar-refractivity contribution >= 4 is 12.1 Å². The van der Waals surface area contributed by atoms with Crippen molar-refractivity contribution in [2.45, 2.75) is 50.3 Å². The van der Waals surface area contributed by atoms with Crippen LogP contribution in [0.3, 0.4) is 0 Å². The third-order valence-corrected chi connectivity index (χ3v) is 3.80. The second kappa shape index (κ2) is 3.45. The van der Waals surface area contributed by atoms with Crippen molar-refractivity contribution in [3.05, 3.63) is 0 Å². The lowest BCUT2D eigenvalue weighted by Crippen LogP contribution is -2.59. The molecule has 0 aromatic heterocycles. The summed E-state index contributed by atoms with van der Waals surface area (Å²) in [5.41, 5.74) is -0.551. The number of carbonyl (C=O) groups is 2. The van der Waals surface area contributed by atoms with Gasteiger partial charge in [0, 0.05) is 6.42 Å². The largest absolute Gasteiger partial charge is 0.420 e. The Morgan fingerprint density at radius 3 is 2.69 bits per heavy atom.